The van der Waals surface area contributed by atoms with Gasteiger partial charge in [-0.05, 0) is 24.5 Å². The van der Waals surface area contributed by atoms with Crippen LogP contribution in [0, 0.1) is 0 Å². The molecule has 5 nitrogen and oxygen atoms in total. The topological polar surface area (TPSA) is 41.5 Å². The highest BCUT2D eigenvalue weighted by atomic mass is 35.5. The molecule has 2 saturated heterocycles. The fraction of sp³-hybridized carbons (Fsp3) is 0.524. The van der Waals surface area contributed by atoms with E-state index in [-0.39, 0.29) is 24.5 Å². The predicted molar refractivity (Wildman–Crippen MR) is 109 cm³/mol. The van der Waals surface area contributed by atoms with Gasteiger partial charge in [0.1, 0.15) is 0 Å². The molecular weight excluding hydrogens is 417 g/mol. The van der Waals surface area contributed by atoms with E-state index in [2.05, 4.69) is 14.8 Å². The Morgan fingerprint density at radius 3 is 2.63 bits per heavy atom. The second kappa shape index (κ2) is 8.32. The molecule has 162 valence electrons. The van der Waals surface area contributed by atoms with Crippen LogP contribution >= 0.6 is 12.4 Å². The molecule has 2 unspecified atom stereocenters. The smallest absolute Gasteiger partial charge is 0.378 e. The molecule has 2 aromatic rings. The Labute approximate surface area is 179 Å². The Kier molecular flexibility index (Phi) is 5.92. The van der Waals surface area contributed by atoms with Crippen LogP contribution < -0.4 is 4.90 Å². The molecule has 1 aromatic heterocycles. The highest BCUT2D eigenvalue weighted by molar-refractivity contribution is 5.85. The number of aromatic nitrogens is 2. The molecule has 30 heavy (non-hydrogen) atoms. The monoisotopic (exact) mass is 440 g/mol. The number of halogens is 4. The maximum absolute atomic E-state index is 13.4. The van der Waals surface area contributed by atoms with E-state index in [0.717, 1.165) is 49.6 Å². The maximum atomic E-state index is 13.4. The van der Waals surface area contributed by atoms with Crippen LogP contribution in [0.2, 0.25) is 0 Å². The second-order valence-electron chi connectivity index (χ2n) is 7.95. The first-order valence-corrected chi connectivity index (χ1v) is 10.1. The lowest BCUT2D eigenvalue weighted by atomic mass is 9.97. The average molecular weight is 441 g/mol. The zero-order valence-corrected chi connectivity index (χ0v) is 17.3. The average Bonchev–Trinajstić information content (AvgIpc) is 3.00. The first kappa shape index (κ1) is 21.3. The lowest BCUT2D eigenvalue weighted by molar-refractivity contribution is -0.138. The van der Waals surface area contributed by atoms with Gasteiger partial charge < -0.3 is 9.64 Å². The molecule has 0 N–H and O–H groups in total. The number of alkyl halides is 3. The Balaban J connectivity index is 0.00000218. The van der Waals surface area contributed by atoms with Gasteiger partial charge in [-0.2, -0.15) is 13.2 Å². The molecular formula is C21H24ClF3N4O. The Morgan fingerprint density at radius 2 is 1.87 bits per heavy atom. The quantitative estimate of drug-likeness (QED) is 0.721. The number of ether oxygens (including phenoxy) is 1. The van der Waals surface area contributed by atoms with Crippen LogP contribution in [-0.4, -0.2) is 47.2 Å². The molecule has 0 amide bonds. The summed E-state index contributed by atoms with van der Waals surface area (Å²) in [6.07, 6.45) is 0.232. The summed E-state index contributed by atoms with van der Waals surface area (Å²) in [5.41, 5.74) is 1.92. The molecule has 3 aliphatic rings. The zero-order chi connectivity index (χ0) is 20.0. The van der Waals surface area contributed by atoms with Gasteiger partial charge in [-0.15, -0.1) is 12.4 Å². The minimum absolute atomic E-state index is 0. The summed E-state index contributed by atoms with van der Waals surface area (Å²) in [7, 11) is 0. The Hall–Kier alpha value is -1.90. The van der Waals surface area contributed by atoms with Crippen molar-refractivity contribution in [3.8, 4) is 0 Å². The van der Waals surface area contributed by atoms with Crippen molar-refractivity contribution in [3.63, 3.8) is 0 Å². The van der Waals surface area contributed by atoms with Gasteiger partial charge in [0.15, 0.2) is 0 Å². The molecule has 2 atom stereocenters. The number of fused-ring (bicyclic) bond motifs is 4. The van der Waals surface area contributed by atoms with E-state index in [0.29, 0.717) is 25.3 Å². The molecule has 4 heterocycles. The van der Waals surface area contributed by atoms with Gasteiger partial charge in [-0.3, -0.25) is 4.90 Å². The van der Waals surface area contributed by atoms with Crippen LogP contribution in [0.25, 0.3) is 0 Å². The molecule has 2 fully saturated rings. The third kappa shape index (κ3) is 3.88. The number of benzene rings is 1. The third-order valence-electron chi connectivity index (χ3n) is 6.29. The van der Waals surface area contributed by atoms with Crippen molar-refractivity contribution in [2.24, 2.45) is 0 Å². The maximum Gasteiger partial charge on any atom is 0.416 e. The molecule has 9 heteroatoms. The normalized spacial score (nSPS) is 23.8. The predicted octanol–water partition coefficient (Wildman–Crippen LogP) is 4.02. The van der Waals surface area contributed by atoms with Crippen molar-refractivity contribution in [1.29, 1.82) is 0 Å². The van der Waals surface area contributed by atoms with E-state index in [1.165, 1.54) is 12.1 Å². The summed E-state index contributed by atoms with van der Waals surface area (Å²) in [6.45, 7) is 3.23. The fourth-order valence-corrected chi connectivity index (χ4v) is 4.86. The van der Waals surface area contributed by atoms with E-state index in [1.54, 1.807) is 12.1 Å². The summed E-state index contributed by atoms with van der Waals surface area (Å²) in [4.78, 5) is 13.8. The van der Waals surface area contributed by atoms with Crippen LogP contribution in [0.4, 0.5) is 19.1 Å². The third-order valence-corrected chi connectivity index (χ3v) is 6.29. The standard InChI is InChI=1S/C21H23F3N4O.ClH/c22-21(23,24)17-4-2-1-3-14(17)13-28-15-5-6-19(28)16-12-25-20(26-18(16)11-15)27-7-9-29-10-8-27;/h1-4,12,15,19H,5-11,13H2;1H. The van der Waals surface area contributed by atoms with Gasteiger partial charge in [-0.25, -0.2) is 9.97 Å². The van der Waals surface area contributed by atoms with Crippen LogP contribution in [0.3, 0.4) is 0 Å². The summed E-state index contributed by atoms with van der Waals surface area (Å²) in [6, 6.07) is 6.21. The largest absolute Gasteiger partial charge is 0.416 e. The van der Waals surface area contributed by atoms with E-state index in [1.807, 2.05) is 6.20 Å². The molecule has 0 saturated carbocycles. The molecule has 0 spiro atoms. The number of anilines is 1. The molecule has 0 aliphatic carbocycles. The highest BCUT2D eigenvalue weighted by Crippen LogP contribution is 2.45. The van der Waals surface area contributed by atoms with Gasteiger partial charge in [0.05, 0.1) is 24.5 Å². The number of nitrogens with zero attached hydrogens (tertiary/aromatic N) is 4. The number of hydrogen-bond acceptors (Lipinski definition) is 5. The van der Waals surface area contributed by atoms with Crippen molar-refractivity contribution >= 4 is 18.4 Å². The van der Waals surface area contributed by atoms with E-state index in [9.17, 15) is 13.2 Å². The minimum Gasteiger partial charge on any atom is -0.378 e. The fourth-order valence-electron chi connectivity index (χ4n) is 4.86. The van der Waals surface area contributed by atoms with Crippen molar-refractivity contribution in [2.45, 2.75) is 44.1 Å². The summed E-state index contributed by atoms with van der Waals surface area (Å²) in [5, 5.41) is 0. The van der Waals surface area contributed by atoms with Gasteiger partial charge in [0.2, 0.25) is 5.95 Å². The van der Waals surface area contributed by atoms with Gasteiger partial charge in [0.25, 0.3) is 0 Å². The lowest BCUT2D eigenvalue weighted by Gasteiger charge is -2.36. The lowest BCUT2D eigenvalue weighted by Crippen LogP contribution is -2.40. The number of hydrogen-bond donors (Lipinski definition) is 0. The molecule has 0 radical (unpaired) electrons. The van der Waals surface area contributed by atoms with E-state index in [4.69, 9.17) is 9.72 Å². The molecule has 5 rings (SSSR count). The SMILES string of the molecule is Cl.FC(F)(F)c1ccccc1CN1C2CCC1c1cnc(N3CCOCC3)nc1C2. The minimum atomic E-state index is -4.33. The number of morpholine rings is 1. The second-order valence-corrected chi connectivity index (χ2v) is 7.95. The molecule has 1 aromatic carbocycles. The molecule has 3 aliphatic heterocycles. The first-order valence-electron chi connectivity index (χ1n) is 10.1. The van der Waals surface area contributed by atoms with E-state index < -0.39 is 11.7 Å². The van der Waals surface area contributed by atoms with Crippen molar-refractivity contribution < 1.29 is 17.9 Å². The van der Waals surface area contributed by atoms with E-state index >= 15 is 0 Å². The van der Waals surface area contributed by atoms with Gasteiger partial charge in [-0.1, -0.05) is 18.2 Å². The Morgan fingerprint density at radius 1 is 1.10 bits per heavy atom. The summed E-state index contributed by atoms with van der Waals surface area (Å²) >= 11 is 0. The van der Waals surface area contributed by atoms with Crippen LogP contribution in [0.15, 0.2) is 30.5 Å². The van der Waals surface area contributed by atoms with Gasteiger partial charge in [0, 0.05) is 49.9 Å². The first-order chi connectivity index (χ1) is 14.0. The van der Waals surface area contributed by atoms with Crippen molar-refractivity contribution in [1.82, 2.24) is 14.9 Å². The van der Waals surface area contributed by atoms with Crippen LogP contribution in [-0.2, 0) is 23.9 Å². The van der Waals surface area contributed by atoms with Crippen molar-refractivity contribution in [3.05, 3.63) is 52.8 Å². The number of rotatable bonds is 3. The summed E-state index contributed by atoms with van der Waals surface area (Å²) < 4.78 is 45.7. The molecule has 2 bridgehead atoms. The highest BCUT2D eigenvalue weighted by Gasteiger charge is 2.42. The van der Waals surface area contributed by atoms with Crippen molar-refractivity contribution in [2.75, 3.05) is 31.2 Å². The van der Waals surface area contributed by atoms with Crippen LogP contribution in [0.5, 0.6) is 0 Å². The van der Waals surface area contributed by atoms with Gasteiger partial charge >= 0.3 is 6.18 Å². The Bertz CT molecular complexity index is 904. The van der Waals surface area contributed by atoms with Crippen LogP contribution in [0.1, 0.15) is 41.3 Å². The zero-order valence-electron chi connectivity index (χ0n) is 16.4. The summed E-state index contributed by atoms with van der Waals surface area (Å²) in [5.74, 6) is 0.738.